The molecule has 1 saturated heterocycles. The number of hydrogen-bond acceptors (Lipinski definition) is 3. The standard InChI is InChI=1S/C17H29N3/c1-2-19-17(12-18,16-7-8-16)13-20-10-9-14-5-3-4-6-15(14)11-20/h14-16,19H,2-11,13H2,1H3. The summed E-state index contributed by atoms with van der Waals surface area (Å²) in [5.41, 5.74) is -0.268. The Morgan fingerprint density at radius 1 is 1.15 bits per heavy atom. The molecular formula is C17H29N3. The van der Waals surface area contributed by atoms with Gasteiger partial charge in [0.25, 0.3) is 0 Å². The lowest BCUT2D eigenvalue weighted by Gasteiger charge is -2.44. The van der Waals surface area contributed by atoms with Gasteiger partial charge in [0.05, 0.1) is 6.07 Å². The molecule has 1 N–H and O–H groups in total. The highest BCUT2D eigenvalue weighted by Gasteiger charge is 2.47. The van der Waals surface area contributed by atoms with E-state index >= 15 is 0 Å². The van der Waals surface area contributed by atoms with Crippen molar-refractivity contribution in [3.63, 3.8) is 0 Å². The minimum absolute atomic E-state index is 0.268. The summed E-state index contributed by atoms with van der Waals surface area (Å²) < 4.78 is 0. The van der Waals surface area contributed by atoms with Crippen molar-refractivity contribution in [1.29, 1.82) is 5.26 Å². The monoisotopic (exact) mass is 275 g/mol. The first-order valence-corrected chi connectivity index (χ1v) is 8.66. The molecule has 1 aliphatic heterocycles. The van der Waals surface area contributed by atoms with E-state index in [4.69, 9.17) is 0 Å². The second kappa shape index (κ2) is 6.03. The molecule has 0 aromatic rings. The lowest BCUT2D eigenvalue weighted by atomic mass is 9.75. The molecule has 0 amide bonds. The van der Waals surface area contributed by atoms with Crippen LogP contribution in [0, 0.1) is 29.1 Å². The fraction of sp³-hybridized carbons (Fsp3) is 0.941. The number of nitrogens with one attached hydrogen (secondary N) is 1. The van der Waals surface area contributed by atoms with Crippen LogP contribution in [0.15, 0.2) is 0 Å². The number of likely N-dealkylation sites (tertiary alicyclic amines) is 1. The zero-order valence-corrected chi connectivity index (χ0v) is 12.9. The van der Waals surface area contributed by atoms with Crippen molar-refractivity contribution in [2.24, 2.45) is 17.8 Å². The molecule has 3 atom stereocenters. The third-order valence-electron chi connectivity index (χ3n) is 5.81. The molecule has 2 aliphatic carbocycles. The van der Waals surface area contributed by atoms with Crippen LogP contribution >= 0.6 is 0 Å². The minimum Gasteiger partial charge on any atom is -0.300 e. The number of likely N-dealkylation sites (N-methyl/N-ethyl adjacent to an activating group) is 1. The van der Waals surface area contributed by atoms with E-state index in [9.17, 15) is 5.26 Å². The van der Waals surface area contributed by atoms with Gasteiger partial charge in [-0.15, -0.1) is 0 Å². The van der Waals surface area contributed by atoms with Crippen molar-refractivity contribution in [2.45, 2.75) is 57.4 Å². The van der Waals surface area contributed by atoms with Gasteiger partial charge in [-0.1, -0.05) is 26.2 Å². The summed E-state index contributed by atoms with van der Waals surface area (Å²) >= 11 is 0. The van der Waals surface area contributed by atoms with Crippen molar-refractivity contribution < 1.29 is 0 Å². The molecule has 3 aliphatic rings. The summed E-state index contributed by atoms with van der Waals surface area (Å²) in [7, 11) is 0. The summed E-state index contributed by atoms with van der Waals surface area (Å²) in [4.78, 5) is 2.59. The van der Waals surface area contributed by atoms with Crippen LogP contribution in [0.1, 0.15) is 51.9 Å². The van der Waals surface area contributed by atoms with Crippen LogP contribution in [0.3, 0.4) is 0 Å². The second-order valence-electron chi connectivity index (χ2n) is 7.22. The van der Waals surface area contributed by atoms with Gasteiger partial charge in [0.1, 0.15) is 5.54 Å². The van der Waals surface area contributed by atoms with E-state index in [2.05, 4.69) is 23.2 Å². The van der Waals surface area contributed by atoms with E-state index in [1.54, 1.807) is 0 Å². The van der Waals surface area contributed by atoms with Crippen molar-refractivity contribution in [3.8, 4) is 6.07 Å². The first-order valence-electron chi connectivity index (χ1n) is 8.66. The first kappa shape index (κ1) is 14.4. The zero-order chi connectivity index (χ0) is 14.0. The SMILES string of the molecule is CCNC(C#N)(CN1CCC2CCCCC2C1)C1CC1. The molecule has 20 heavy (non-hydrogen) atoms. The second-order valence-corrected chi connectivity index (χ2v) is 7.22. The topological polar surface area (TPSA) is 39.1 Å². The molecule has 2 saturated carbocycles. The molecular weight excluding hydrogens is 246 g/mol. The quantitative estimate of drug-likeness (QED) is 0.838. The van der Waals surface area contributed by atoms with E-state index in [1.165, 1.54) is 58.0 Å². The van der Waals surface area contributed by atoms with Gasteiger partial charge >= 0.3 is 0 Å². The van der Waals surface area contributed by atoms with E-state index in [0.717, 1.165) is 24.9 Å². The van der Waals surface area contributed by atoms with Crippen LogP contribution in [-0.4, -0.2) is 36.6 Å². The number of rotatable bonds is 5. The molecule has 3 fully saturated rings. The van der Waals surface area contributed by atoms with Gasteiger partial charge in [-0.05, 0) is 56.5 Å². The van der Waals surface area contributed by atoms with Crippen LogP contribution in [0.5, 0.6) is 0 Å². The fourth-order valence-electron chi connectivity index (χ4n) is 4.56. The Morgan fingerprint density at radius 3 is 2.55 bits per heavy atom. The smallest absolute Gasteiger partial charge is 0.122 e. The minimum atomic E-state index is -0.268. The highest BCUT2D eigenvalue weighted by molar-refractivity contribution is 5.16. The number of hydrogen-bond donors (Lipinski definition) is 1. The molecule has 0 spiro atoms. The van der Waals surface area contributed by atoms with E-state index in [1.807, 2.05) is 0 Å². The summed E-state index contributed by atoms with van der Waals surface area (Å²) in [6.07, 6.45) is 9.59. The van der Waals surface area contributed by atoms with Crippen LogP contribution in [0.2, 0.25) is 0 Å². The van der Waals surface area contributed by atoms with Crippen LogP contribution < -0.4 is 5.32 Å². The average molecular weight is 275 g/mol. The Hall–Kier alpha value is -0.590. The van der Waals surface area contributed by atoms with Gasteiger partial charge in [0.2, 0.25) is 0 Å². The molecule has 1 heterocycles. The normalized spacial score (nSPS) is 34.0. The van der Waals surface area contributed by atoms with Crippen molar-refractivity contribution in [1.82, 2.24) is 10.2 Å². The lowest BCUT2D eigenvalue weighted by Crippen LogP contribution is -2.56. The largest absolute Gasteiger partial charge is 0.300 e. The Labute approximate surface area is 123 Å². The van der Waals surface area contributed by atoms with Gasteiger partial charge in [-0.2, -0.15) is 5.26 Å². The Bertz CT molecular complexity index is 371. The summed E-state index contributed by atoms with van der Waals surface area (Å²) in [5.74, 6) is 2.49. The maximum absolute atomic E-state index is 9.74. The number of nitrogens with zero attached hydrogens (tertiary/aromatic N) is 2. The van der Waals surface area contributed by atoms with Crippen LogP contribution in [0.4, 0.5) is 0 Å². The Balaban J connectivity index is 1.62. The number of fused-ring (bicyclic) bond motifs is 1. The highest BCUT2D eigenvalue weighted by Crippen LogP contribution is 2.41. The summed E-state index contributed by atoms with van der Waals surface area (Å²) in [6, 6.07) is 2.64. The number of piperidine rings is 1. The van der Waals surface area contributed by atoms with Crippen LogP contribution in [-0.2, 0) is 0 Å². The highest BCUT2D eigenvalue weighted by atomic mass is 15.2. The zero-order valence-electron chi connectivity index (χ0n) is 12.9. The molecule has 3 nitrogen and oxygen atoms in total. The van der Waals surface area contributed by atoms with Gasteiger partial charge in [-0.25, -0.2) is 0 Å². The Morgan fingerprint density at radius 2 is 1.90 bits per heavy atom. The van der Waals surface area contributed by atoms with E-state index in [0.29, 0.717) is 5.92 Å². The molecule has 3 heteroatoms. The maximum atomic E-state index is 9.74. The predicted octanol–water partition coefficient (Wildman–Crippen LogP) is 2.78. The van der Waals surface area contributed by atoms with Crippen molar-refractivity contribution in [3.05, 3.63) is 0 Å². The van der Waals surface area contributed by atoms with Gasteiger partial charge in [0.15, 0.2) is 0 Å². The number of nitriles is 1. The third kappa shape index (κ3) is 2.87. The van der Waals surface area contributed by atoms with Crippen LogP contribution in [0.25, 0.3) is 0 Å². The van der Waals surface area contributed by atoms with E-state index in [-0.39, 0.29) is 5.54 Å². The van der Waals surface area contributed by atoms with Crippen molar-refractivity contribution >= 4 is 0 Å². The summed E-state index contributed by atoms with van der Waals surface area (Å²) in [5, 5.41) is 13.3. The van der Waals surface area contributed by atoms with Crippen molar-refractivity contribution in [2.75, 3.05) is 26.2 Å². The maximum Gasteiger partial charge on any atom is 0.122 e. The molecule has 0 radical (unpaired) electrons. The van der Waals surface area contributed by atoms with Gasteiger partial charge in [-0.3, -0.25) is 5.32 Å². The molecule has 0 aromatic heterocycles. The molecule has 0 aromatic carbocycles. The molecule has 112 valence electrons. The Kier molecular flexibility index (Phi) is 4.33. The molecule has 3 unspecified atom stereocenters. The fourth-order valence-corrected chi connectivity index (χ4v) is 4.56. The lowest BCUT2D eigenvalue weighted by molar-refractivity contribution is 0.0689. The first-order chi connectivity index (χ1) is 9.77. The van der Waals surface area contributed by atoms with E-state index < -0.39 is 0 Å². The average Bonchev–Trinajstić information content (AvgIpc) is 3.31. The predicted molar refractivity (Wildman–Crippen MR) is 81.2 cm³/mol. The third-order valence-corrected chi connectivity index (χ3v) is 5.81. The van der Waals surface area contributed by atoms with Gasteiger partial charge in [0, 0.05) is 13.1 Å². The van der Waals surface area contributed by atoms with Gasteiger partial charge < -0.3 is 4.90 Å². The summed E-state index contributed by atoms with van der Waals surface area (Å²) in [6.45, 7) is 6.44. The molecule has 0 bridgehead atoms. The molecule has 3 rings (SSSR count).